The Balaban J connectivity index is 1.99. The van der Waals surface area contributed by atoms with Crippen LogP contribution in [0.4, 0.5) is 4.79 Å². The maximum atomic E-state index is 11.1. The van der Waals surface area contributed by atoms with Crippen LogP contribution in [0, 0.1) is 0 Å². The lowest BCUT2D eigenvalue weighted by molar-refractivity contribution is 0.157. The molecule has 3 N–H and O–H groups in total. The van der Waals surface area contributed by atoms with Gasteiger partial charge in [0.2, 0.25) is 0 Å². The van der Waals surface area contributed by atoms with E-state index in [4.69, 9.17) is 10.5 Å². The van der Waals surface area contributed by atoms with Gasteiger partial charge in [-0.2, -0.15) is 0 Å². The highest BCUT2D eigenvalue weighted by Crippen LogP contribution is 2.10. The number of hydrogen-bond acceptors (Lipinski definition) is 3. The minimum Gasteiger partial charge on any atom is -0.448 e. The van der Waals surface area contributed by atoms with Crippen LogP contribution in [0.2, 0.25) is 0 Å². The third kappa shape index (κ3) is 1.72. The van der Waals surface area contributed by atoms with Gasteiger partial charge in [0.15, 0.2) is 0 Å². The first kappa shape index (κ1) is 9.08. The van der Waals surface area contributed by atoms with Crippen molar-refractivity contribution in [3.8, 4) is 0 Å². The van der Waals surface area contributed by atoms with Gasteiger partial charge in [-0.05, 0) is 12.1 Å². The molecule has 1 aliphatic rings. The zero-order valence-corrected chi connectivity index (χ0v) is 7.82. The Labute approximate surface area is 81.8 Å². The highest BCUT2D eigenvalue weighted by atomic mass is 16.6. The average molecular weight is 195 g/mol. The molecule has 14 heavy (non-hydrogen) atoms. The number of nitrogens with two attached hydrogens (primary N) is 1. The van der Waals surface area contributed by atoms with Gasteiger partial charge in [-0.25, -0.2) is 4.79 Å². The predicted octanol–water partition coefficient (Wildman–Crippen LogP) is 0.426. The van der Waals surface area contributed by atoms with Gasteiger partial charge >= 0.3 is 6.09 Å². The summed E-state index contributed by atoms with van der Waals surface area (Å²) >= 11 is 0. The van der Waals surface area contributed by atoms with Crippen LogP contribution in [0.15, 0.2) is 12.1 Å². The number of carbonyl (C=O) groups is 1. The Morgan fingerprint density at radius 3 is 2.86 bits per heavy atom. The molecule has 0 spiro atoms. The molecule has 1 amide bonds. The molecule has 5 heteroatoms. The van der Waals surface area contributed by atoms with Crippen LogP contribution >= 0.6 is 0 Å². The second-order valence-electron chi connectivity index (χ2n) is 3.25. The second kappa shape index (κ2) is 3.71. The Hall–Kier alpha value is -1.49. The Morgan fingerprint density at radius 1 is 1.50 bits per heavy atom. The van der Waals surface area contributed by atoms with E-state index in [1.807, 2.05) is 12.1 Å². The summed E-state index contributed by atoms with van der Waals surface area (Å²) in [5.74, 6) is 0. The van der Waals surface area contributed by atoms with E-state index < -0.39 is 0 Å². The summed E-state index contributed by atoms with van der Waals surface area (Å²) in [5.41, 5.74) is 7.43. The number of aromatic amines is 1. The van der Waals surface area contributed by atoms with Crippen LogP contribution in [0.5, 0.6) is 0 Å². The highest BCUT2D eigenvalue weighted by molar-refractivity contribution is 5.69. The smallest absolute Gasteiger partial charge is 0.410 e. The molecular formula is C9H13N3O2. The molecule has 1 fully saturated rings. The lowest BCUT2D eigenvalue weighted by Crippen LogP contribution is -2.23. The molecular weight excluding hydrogens is 182 g/mol. The number of amides is 1. The van der Waals surface area contributed by atoms with Crippen molar-refractivity contribution in [3.05, 3.63) is 23.5 Å². The number of hydrogen-bond donors (Lipinski definition) is 2. The molecule has 0 saturated carbocycles. The van der Waals surface area contributed by atoms with Crippen molar-refractivity contribution in [3.63, 3.8) is 0 Å². The molecule has 0 bridgehead atoms. The predicted molar refractivity (Wildman–Crippen MR) is 50.4 cm³/mol. The Kier molecular flexibility index (Phi) is 2.41. The molecule has 0 aromatic carbocycles. The second-order valence-corrected chi connectivity index (χ2v) is 3.25. The van der Waals surface area contributed by atoms with Gasteiger partial charge in [-0.1, -0.05) is 0 Å². The first-order valence-electron chi connectivity index (χ1n) is 4.58. The first-order valence-corrected chi connectivity index (χ1v) is 4.58. The van der Waals surface area contributed by atoms with E-state index in [0.717, 1.165) is 11.4 Å². The number of nitrogens with one attached hydrogen (secondary N) is 1. The highest BCUT2D eigenvalue weighted by Gasteiger charge is 2.21. The van der Waals surface area contributed by atoms with Crippen molar-refractivity contribution in [2.45, 2.75) is 13.1 Å². The standard InChI is InChI=1S/C9H13N3O2/c10-5-7-1-2-8(11-7)6-12-3-4-14-9(12)13/h1-2,11H,3-6,10H2. The summed E-state index contributed by atoms with van der Waals surface area (Å²) < 4.78 is 4.82. The van der Waals surface area contributed by atoms with E-state index >= 15 is 0 Å². The molecule has 0 aliphatic carbocycles. The van der Waals surface area contributed by atoms with Crippen molar-refractivity contribution in [2.24, 2.45) is 5.73 Å². The van der Waals surface area contributed by atoms with Crippen LogP contribution in [-0.2, 0) is 17.8 Å². The van der Waals surface area contributed by atoms with Crippen molar-refractivity contribution >= 4 is 6.09 Å². The van der Waals surface area contributed by atoms with Crippen LogP contribution < -0.4 is 5.73 Å². The van der Waals surface area contributed by atoms with Crippen molar-refractivity contribution in [1.29, 1.82) is 0 Å². The van der Waals surface area contributed by atoms with E-state index in [1.54, 1.807) is 4.90 Å². The maximum Gasteiger partial charge on any atom is 0.410 e. The lowest BCUT2D eigenvalue weighted by atomic mass is 10.4. The number of cyclic esters (lactones) is 1. The molecule has 2 rings (SSSR count). The Morgan fingerprint density at radius 2 is 2.29 bits per heavy atom. The molecule has 2 heterocycles. The van der Waals surface area contributed by atoms with Gasteiger partial charge in [0.25, 0.3) is 0 Å². The van der Waals surface area contributed by atoms with E-state index in [2.05, 4.69) is 4.98 Å². The number of nitrogens with zero attached hydrogens (tertiary/aromatic N) is 1. The summed E-state index contributed by atoms with van der Waals surface area (Å²) in [7, 11) is 0. The summed E-state index contributed by atoms with van der Waals surface area (Å²) in [4.78, 5) is 15.9. The van der Waals surface area contributed by atoms with E-state index in [0.29, 0.717) is 26.2 Å². The minimum absolute atomic E-state index is 0.242. The SMILES string of the molecule is NCc1ccc(CN2CCOC2=O)[nH]1. The maximum absolute atomic E-state index is 11.1. The normalized spacial score (nSPS) is 16.1. The minimum atomic E-state index is -0.242. The van der Waals surface area contributed by atoms with Crippen molar-refractivity contribution in [2.75, 3.05) is 13.2 Å². The molecule has 0 unspecified atom stereocenters. The molecule has 1 aromatic rings. The van der Waals surface area contributed by atoms with Gasteiger partial charge in [0.05, 0.1) is 13.1 Å². The number of rotatable bonds is 3. The lowest BCUT2D eigenvalue weighted by Gasteiger charge is -2.10. The third-order valence-corrected chi connectivity index (χ3v) is 2.23. The molecule has 5 nitrogen and oxygen atoms in total. The molecule has 0 radical (unpaired) electrons. The van der Waals surface area contributed by atoms with Crippen molar-refractivity contribution in [1.82, 2.24) is 9.88 Å². The van der Waals surface area contributed by atoms with Crippen LogP contribution in [0.1, 0.15) is 11.4 Å². The third-order valence-electron chi connectivity index (χ3n) is 2.23. The molecule has 76 valence electrons. The zero-order chi connectivity index (χ0) is 9.97. The zero-order valence-electron chi connectivity index (χ0n) is 7.82. The molecule has 1 aliphatic heterocycles. The Bertz CT molecular complexity index is 335. The topological polar surface area (TPSA) is 71.3 Å². The number of aromatic nitrogens is 1. The van der Waals surface area contributed by atoms with Gasteiger partial charge in [0.1, 0.15) is 6.61 Å². The van der Waals surface area contributed by atoms with Crippen LogP contribution in [-0.4, -0.2) is 29.1 Å². The van der Waals surface area contributed by atoms with Gasteiger partial charge in [0, 0.05) is 17.9 Å². The molecule has 0 atom stereocenters. The van der Waals surface area contributed by atoms with E-state index in [-0.39, 0.29) is 6.09 Å². The quantitative estimate of drug-likeness (QED) is 0.734. The van der Waals surface area contributed by atoms with Crippen LogP contribution in [0.3, 0.4) is 0 Å². The fourth-order valence-electron chi connectivity index (χ4n) is 1.48. The van der Waals surface area contributed by atoms with E-state index in [1.165, 1.54) is 0 Å². The van der Waals surface area contributed by atoms with E-state index in [9.17, 15) is 4.79 Å². The largest absolute Gasteiger partial charge is 0.448 e. The van der Waals surface area contributed by atoms with Gasteiger partial charge in [-0.3, -0.25) is 4.90 Å². The van der Waals surface area contributed by atoms with Gasteiger partial charge in [-0.15, -0.1) is 0 Å². The number of carbonyl (C=O) groups excluding carboxylic acids is 1. The summed E-state index contributed by atoms with van der Waals surface area (Å²) in [6.45, 7) is 2.21. The van der Waals surface area contributed by atoms with Crippen LogP contribution in [0.25, 0.3) is 0 Å². The fraction of sp³-hybridized carbons (Fsp3) is 0.444. The monoisotopic (exact) mass is 195 g/mol. The number of H-pyrrole nitrogens is 1. The van der Waals surface area contributed by atoms with Crippen molar-refractivity contribution < 1.29 is 9.53 Å². The summed E-state index contributed by atoms with van der Waals surface area (Å²) in [6.07, 6.45) is -0.242. The first-order chi connectivity index (χ1) is 6.79. The summed E-state index contributed by atoms with van der Waals surface area (Å²) in [5, 5.41) is 0. The fourth-order valence-corrected chi connectivity index (χ4v) is 1.48. The average Bonchev–Trinajstić information content (AvgIpc) is 2.77. The number of ether oxygens (including phenoxy) is 1. The molecule has 1 saturated heterocycles. The molecule has 1 aromatic heterocycles. The van der Waals surface area contributed by atoms with Gasteiger partial charge < -0.3 is 15.5 Å². The summed E-state index contributed by atoms with van der Waals surface area (Å²) in [6, 6.07) is 3.87.